The summed E-state index contributed by atoms with van der Waals surface area (Å²) in [6.45, 7) is 5.29. The van der Waals surface area contributed by atoms with Crippen LogP contribution < -0.4 is 0 Å². The van der Waals surface area contributed by atoms with Crippen LogP contribution in [0.5, 0.6) is 0 Å². The molecule has 1 aromatic carbocycles. The molecule has 1 N–H and O–H groups in total. The lowest BCUT2D eigenvalue weighted by molar-refractivity contribution is 0.0733. The average molecular weight is 260 g/mol. The Morgan fingerprint density at radius 2 is 2.21 bits per heavy atom. The van der Waals surface area contributed by atoms with Gasteiger partial charge in [0.05, 0.1) is 5.71 Å². The zero-order valence-electron chi connectivity index (χ0n) is 11.5. The maximum Gasteiger partial charge on any atom is 0.254 e. The van der Waals surface area contributed by atoms with Crippen molar-refractivity contribution in [1.82, 2.24) is 4.90 Å². The molecule has 2 rings (SSSR count). The van der Waals surface area contributed by atoms with E-state index < -0.39 is 0 Å². The largest absolute Gasteiger partial charge is 0.411 e. The topological polar surface area (TPSA) is 52.9 Å². The fourth-order valence-corrected chi connectivity index (χ4v) is 2.56. The molecule has 0 radical (unpaired) electrons. The number of carbonyl (C=O) groups is 1. The number of hydrogen-bond acceptors (Lipinski definition) is 3. The summed E-state index contributed by atoms with van der Waals surface area (Å²) in [5.74, 6) is 0.206. The van der Waals surface area contributed by atoms with Gasteiger partial charge in [0.15, 0.2) is 0 Å². The van der Waals surface area contributed by atoms with E-state index in [0.29, 0.717) is 19.5 Å². The Morgan fingerprint density at radius 1 is 1.47 bits per heavy atom. The Hall–Kier alpha value is -1.84. The third-order valence-electron chi connectivity index (χ3n) is 3.75. The highest BCUT2D eigenvalue weighted by Gasteiger charge is 2.27. The quantitative estimate of drug-likeness (QED) is 0.656. The minimum Gasteiger partial charge on any atom is -0.411 e. The van der Waals surface area contributed by atoms with Crippen molar-refractivity contribution < 1.29 is 10.0 Å². The molecule has 1 aliphatic heterocycles. The second-order valence-electron chi connectivity index (χ2n) is 5.00. The van der Waals surface area contributed by atoms with Gasteiger partial charge in [-0.05, 0) is 18.1 Å². The summed E-state index contributed by atoms with van der Waals surface area (Å²) in [4.78, 5) is 14.4. The Kier molecular flexibility index (Phi) is 4.20. The summed E-state index contributed by atoms with van der Waals surface area (Å²) in [5.41, 5.74) is 2.66. The van der Waals surface area contributed by atoms with Crippen LogP contribution in [0.15, 0.2) is 29.4 Å². The van der Waals surface area contributed by atoms with Gasteiger partial charge < -0.3 is 10.1 Å². The molecule has 0 spiro atoms. The van der Waals surface area contributed by atoms with Gasteiger partial charge in [-0.25, -0.2) is 0 Å². The van der Waals surface area contributed by atoms with E-state index in [1.807, 2.05) is 36.1 Å². The summed E-state index contributed by atoms with van der Waals surface area (Å²) in [6, 6.07) is 7.76. The Labute approximate surface area is 113 Å². The molecule has 0 aromatic heterocycles. The molecule has 1 atom stereocenters. The normalized spacial score (nSPS) is 21.7. The number of rotatable bonds is 2. The molecule has 1 fully saturated rings. The molecule has 0 bridgehead atoms. The van der Waals surface area contributed by atoms with Gasteiger partial charge in [-0.15, -0.1) is 0 Å². The van der Waals surface area contributed by atoms with Crippen LogP contribution in [-0.2, 0) is 6.42 Å². The van der Waals surface area contributed by atoms with E-state index in [0.717, 1.165) is 23.3 Å². The first-order chi connectivity index (χ1) is 9.17. The number of likely N-dealkylation sites (tertiary alicyclic amines) is 1. The van der Waals surface area contributed by atoms with Crippen LogP contribution >= 0.6 is 0 Å². The van der Waals surface area contributed by atoms with Crippen molar-refractivity contribution in [3.8, 4) is 0 Å². The predicted molar refractivity (Wildman–Crippen MR) is 74.7 cm³/mol. The van der Waals surface area contributed by atoms with Crippen molar-refractivity contribution in [2.45, 2.75) is 26.7 Å². The molecule has 1 aromatic rings. The van der Waals surface area contributed by atoms with Gasteiger partial charge in [0.25, 0.3) is 5.91 Å². The number of oxime groups is 1. The van der Waals surface area contributed by atoms with Crippen molar-refractivity contribution >= 4 is 11.6 Å². The van der Waals surface area contributed by atoms with Crippen LogP contribution in [0, 0.1) is 5.92 Å². The lowest BCUT2D eigenvalue weighted by Gasteiger charge is -2.32. The number of nitrogens with zero attached hydrogens (tertiary/aromatic N) is 2. The fraction of sp³-hybridized carbons (Fsp3) is 0.467. The monoisotopic (exact) mass is 260 g/mol. The van der Waals surface area contributed by atoms with E-state index in [2.05, 4.69) is 12.1 Å². The van der Waals surface area contributed by atoms with Crippen molar-refractivity contribution in [3.05, 3.63) is 35.4 Å². The lowest BCUT2D eigenvalue weighted by Crippen LogP contribution is -2.43. The first-order valence-corrected chi connectivity index (χ1v) is 6.75. The van der Waals surface area contributed by atoms with Crippen LogP contribution in [0.3, 0.4) is 0 Å². The Bertz CT molecular complexity index is 497. The summed E-state index contributed by atoms with van der Waals surface area (Å²) < 4.78 is 0. The molecule has 4 heteroatoms. The zero-order valence-corrected chi connectivity index (χ0v) is 11.5. The maximum atomic E-state index is 12.5. The standard InChI is InChI=1S/C15H20N2O2/c1-3-12-6-4-5-7-13(12)15(18)17-9-8-14(16-19)11(2)10-17/h4-7,11,19H,3,8-10H2,1-2H3/b16-14-. The molecule has 0 aliphatic carbocycles. The SMILES string of the molecule is CCc1ccccc1C(=O)N1CC/C(=N/O)C(C)C1. The maximum absolute atomic E-state index is 12.5. The van der Waals surface area contributed by atoms with Gasteiger partial charge in [-0.2, -0.15) is 0 Å². The van der Waals surface area contributed by atoms with Crippen LogP contribution in [0.1, 0.15) is 36.2 Å². The van der Waals surface area contributed by atoms with Gasteiger partial charge in [0.2, 0.25) is 0 Å². The van der Waals surface area contributed by atoms with E-state index >= 15 is 0 Å². The number of aryl methyl sites for hydroxylation is 1. The first kappa shape index (κ1) is 13.6. The predicted octanol–water partition coefficient (Wildman–Crippen LogP) is 2.56. The first-order valence-electron chi connectivity index (χ1n) is 6.75. The van der Waals surface area contributed by atoms with Gasteiger partial charge >= 0.3 is 0 Å². The van der Waals surface area contributed by atoms with Crippen molar-refractivity contribution in [1.29, 1.82) is 0 Å². The number of carbonyl (C=O) groups excluding carboxylic acids is 1. The Balaban J connectivity index is 2.17. The van der Waals surface area contributed by atoms with Crippen LogP contribution in [-0.4, -0.2) is 34.8 Å². The lowest BCUT2D eigenvalue weighted by atomic mass is 9.96. The molecule has 4 nitrogen and oxygen atoms in total. The number of amides is 1. The molecular formula is C15H20N2O2. The van der Waals surface area contributed by atoms with Crippen molar-refractivity contribution in [3.63, 3.8) is 0 Å². The van der Waals surface area contributed by atoms with Crippen LogP contribution in [0.4, 0.5) is 0 Å². The van der Waals surface area contributed by atoms with Gasteiger partial charge in [-0.3, -0.25) is 4.79 Å². The highest BCUT2D eigenvalue weighted by atomic mass is 16.4. The molecule has 1 saturated heterocycles. The summed E-state index contributed by atoms with van der Waals surface area (Å²) in [5, 5.41) is 12.2. The van der Waals surface area contributed by atoms with E-state index in [4.69, 9.17) is 5.21 Å². The summed E-state index contributed by atoms with van der Waals surface area (Å²) >= 11 is 0. The number of benzene rings is 1. The minimum absolute atomic E-state index is 0.0845. The molecular weight excluding hydrogens is 240 g/mol. The number of hydrogen-bond donors (Lipinski definition) is 1. The summed E-state index contributed by atoms with van der Waals surface area (Å²) in [6.07, 6.45) is 1.51. The molecule has 1 amide bonds. The molecule has 0 saturated carbocycles. The Morgan fingerprint density at radius 3 is 2.84 bits per heavy atom. The van der Waals surface area contributed by atoms with Crippen molar-refractivity contribution in [2.75, 3.05) is 13.1 Å². The highest BCUT2D eigenvalue weighted by molar-refractivity contribution is 5.97. The van der Waals surface area contributed by atoms with E-state index in [1.54, 1.807) is 0 Å². The molecule has 19 heavy (non-hydrogen) atoms. The van der Waals surface area contributed by atoms with Gasteiger partial charge in [-0.1, -0.05) is 37.2 Å². The highest BCUT2D eigenvalue weighted by Crippen LogP contribution is 2.18. The zero-order chi connectivity index (χ0) is 13.8. The van der Waals surface area contributed by atoms with E-state index in [1.165, 1.54) is 0 Å². The molecule has 1 unspecified atom stereocenters. The minimum atomic E-state index is 0.0845. The third kappa shape index (κ3) is 2.78. The van der Waals surface area contributed by atoms with Gasteiger partial charge in [0, 0.05) is 31.0 Å². The van der Waals surface area contributed by atoms with Gasteiger partial charge in [0.1, 0.15) is 0 Å². The van der Waals surface area contributed by atoms with Crippen LogP contribution in [0.25, 0.3) is 0 Å². The molecule has 102 valence electrons. The smallest absolute Gasteiger partial charge is 0.254 e. The third-order valence-corrected chi connectivity index (χ3v) is 3.75. The van der Waals surface area contributed by atoms with Crippen LogP contribution in [0.2, 0.25) is 0 Å². The summed E-state index contributed by atoms with van der Waals surface area (Å²) in [7, 11) is 0. The molecule has 1 heterocycles. The average Bonchev–Trinajstić information content (AvgIpc) is 2.46. The second-order valence-corrected chi connectivity index (χ2v) is 5.00. The van der Waals surface area contributed by atoms with Crippen molar-refractivity contribution in [2.24, 2.45) is 11.1 Å². The fourth-order valence-electron chi connectivity index (χ4n) is 2.56. The number of piperidine rings is 1. The van der Waals surface area contributed by atoms with E-state index in [-0.39, 0.29) is 11.8 Å². The molecule has 1 aliphatic rings. The second kappa shape index (κ2) is 5.87. The van der Waals surface area contributed by atoms with E-state index in [9.17, 15) is 4.79 Å².